The van der Waals surface area contributed by atoms with E-state index in [2.05, 4.69) is 14.9 Å². The van der Waals surface area contributed by atoms with E-state index in [9.17, 15) is 18.0 Å². The van der Waals surface area contributed by atoms with E-state index in [-0.39, 0.29) is 5.78 Å². The number of hydrogen-bond donors (Lipinski definition) is 2. The molecule has 3 N–H and O–H groups in total. The number of nitrogens with two attached hydrogens (primary N) is 1. The van der Waals surface area contributed by atoms with E-state index in [0.717, 1.165) is 54.8 Å². The lowest BCUT2D eigenvalue weighted by atomic mass is 10.3. The number of anilines is 2. The molecule has 0 aliphatic carbocycles. The molecule has 1 saturated heterocycles. The van der Waals surface area contributed by atoms with Crippen molar-refractivity contribution in [2.24, 2.45) is 0 Å². The van der Waals surface area contributed by atoms with Gasteiger partial charge in [0, 0.05) is 33.2 Å². The van der Waals surface area contributed by atoms with E-state index in [1.54, 1.807) is 13.1 Å². The van der Waals surface area contributed by atoms with E-state index in [0.29, 0.717) is 11.6 Å². The van der Waals surface area contributed by atoms with Gasteiger partial charge in [-0.2, -0.15) is 13.2 Å². The summed E-state index contributed by atoms with van der Waals surface area (Å²) in [6, 6.07) is 3.72. The lowest BCUT2D eigenvalue weighted by Gasteiger charge is -2.29. The second-order valence-electron chi connectivity index (χ2n) is 6.86. The van der Waals surface area contributed by atoms with Crippen LogP contribution < -0.4 is 10.6 Å². The Bertz CT molecular complexity index is 932. The molecule has 0 radical (unpaired) electrons. The van der Waals surface area contributed by atoms with Crippen molar-refractivity contribution in [1.29, 1.82) is 0 Å². The third kappa shape index (κ3) is 7.43. The normalized spacial score (nSPS) is 14.4. The summed E-state index contributed by atoms with van der Waals surface area (Å²) in [5.41, 5.74) is 6.77. The van der Waals surface area contributed by atoms with Crippen molar-refractivity contribution in [2.45, 2.75) is 13.1 Å². The van der Waals surface area contributed by atoms with Crippen LogP contribution in [-0.4, -0.2) is 84.3 Å². The van der Waals surface area contributed by atoms with Crippen LogP contribution in [-0.2, 0) is 9.53 Å². The van der Waals surface area contributed by atoms with Crippen molar-refractivity contribution >= 4 is 34.7 Å². The number of thiophene rings is 1. The second-order valence-corrected chi connectivity index (χ2v) is 7.95. The van der Waals surface area contributed by atoms with E-state index >= 15 is 0 Å². The molecule has 176 valence electrons. The summed E-state index contributed by atoms with van der Waals surface area (Å²) in [6.45, 7) is 6.80. The number of alkyl halides is 3. The van der Waals surface area contributed by atoms with Crippen LogP contribution in [0, 0.1) is 0 Å². The molecule has 0 spiro atoms. The maximum absolute atomic E-state index is 11.5. The van der Waals surface area contributed by atoms with E-state index in [4.69, 9.17) is 20.4 Å². The Balaban J connectivity index is 0.000000451. The minimum absolute atomic E-state index is 0.0579. The molecular weight excluding hydrogens is 451 g/mol. The monoisotopic (exact) mass is 475 g/mol. The number of carboxylic acids is 1. The average molecular weight is 475 g/mol. The molecule has 2 aromatic heterocycles. The van der Waals surface area contributed by atoms with E-state index in [1.165, 1.54) is 11.3 Å². The average Bonchev–Trinajstić information content (AvgIpc) is 3.23. The summed E-state index contributed by atoms with van der Waals surface area (Å²) in [5.74, 6) is -1.62. The molecule has 0 aromatic carbocycles. The first-order valence-corrected chi connectivity index (χ1v) is 10.4. The number of morpholine rings is 1. The van der Waals surface area contributed by atoms with Crippen LogP contribution in [0.15, 0.2) is 18.3 Å². The smallest absolute Gasteiger partial charge is 0.475 e. The number of nitrogens with zero attached hydrogens (tertiary/aromatic N) is 4. The van der Waals surface area contributed by atoms with Gasteiger partial charge >= 0.3 is 12.1 Å². The molecule has 13 heteroatoms. The maximum atomic E-state index is 11.5. The number of carboxylic acid groups (broad SMARTS) is 1. The molecule has 3 rings (SSSR count). The molecule has 0 amide bonds. The maximum Gasteiger partial charge on any atom is 0.490 e. The van der Waals surface area contributed by atoms with Gasteiger partial charge in [0.1, 0.15) is 5.69 Å². The zero-order chi connectivity index (χ0) is 23.9. The van der Waals surface area contributed by atoms with Gasteiger partial charge in [-0.3, -0.25) is 9.69 Å². The number of ketones is 1. The highest BCUT2D eigenvalue weighted by Gasteiger charge is 2.38. The summed E-state index contributed by atoms with van der Waals surface area (Å²) < 4.78 is 37.1. The number of aliphatic carboxylic acids is 1. The number of rotatable bonds is 6. The van der Waals surface area contributed by atoms with Gasteiger partial charge in [0.2, 0.25) is 0 Å². The van der Waals surface area contributed by atoms with E-state index < -0.39 is 12.1 Å². The molecule has 0 saturated carbocycles. The van der Waals surface area contributed by atoms with E-state index in [1.807, 2.05) is 24.1 Å². The molecule has 32 heavy (non-hydrogen) atoms. The van der Waals surface area contributed by atoms with Crippen LogP contribution >= 0.6 is 11.3 Å². The Hall–Kier alpha value is -2.77. The first kappa shape index (κ1) is 25.5. The van der Waals surface area contributed by atoms with Gasteiger partial charge in [-0.1, -0.05) is 0 Å². The van der Waals surface area contributed by atoms with Crippen molar-refractivity contribution in [3.63, 3.8) is 0 Å². The molecule has 0 unspecified atom stereocenters. The lowest BCUT2D eigenvalue weighted by Crippen LogP contribution is -2.41. The third-order valence-electron chi connectivity index (χ3n) is 4.45. The Morgan fingerprint density at radius 2 is 1.94 bits per heavy atom. The Morgan fingerprint density at radius 1 is 1.31 bits per heavy atom. The standard InChI is InChI=1S/C17H23N5O2S.C2HF3O2/c1-12(23)14-3-4-15(25-14)13-11-19-16(18)17(20-13)21(2)5-6-22-7-9-24-10-8-22;3-2(4,5)1(6)7/h3-4,11H,5-10H2,1-2H3,(H2,18,19);(H,6,7). The van der Waals surface area contributed by atoms with Crippen molar-refractivity contribution in [3.8, 4) is 10.6 Å². The molecule has 2 aromatic rings. The van der Waals surface area contributed by atoms with Crippen LogP contribution in [0.1, 0.15) is 16.6 Å². The van der Waals surface area contributed by atoms with Crippen molar-refractivity contribution < 1.29 is 32.6 Å². The predicted molar refractivity (Wildman–Crippen MR) is 114 cm³/mol. The summed E-state index contributed by atoms with van der Waals surface area (Å²) in [7, 11) is 1.97. The Kier molecular flexibility index (Phi) is 8.92. The fourth-order valence-corrected chi connectivity index (χ4v) is 3.53. The molecule has 0 atom stereocenters. The number of ether oxygens (including phenoxy) is 1. The minimum atomic E-state index is -5.08. The van der Waals surface area contributed by atoms with Gasteiger partial charge in [0.05, 0.1) is 29.2 Å². The number of carbonyl (C=O) groups excluding carboxylic acids is 1. The summed E-state index contributed by atoms with van der Waals surface area (Å²) in [4.78, 5) is 35.4. The quantitative estimate of drug-likeness (QED) is 0.607. The molecular formula is C19H24F3N5O4S. The number of aromatic nitrogens is 2. The highest BCUT2D eigenvalue weighted by molar-refractivity contribution is 7.17. The highest BCUT2D eigenvalue weighted by atomic mass is 32.1. The van der Waals surface area contributed by atoms with Crippen LogP contribution in [0.2, 0.25) is 0 Å². The first-order valence-electron chi connectivity index (χ1n) is 9.54. The molecule has 0 bridgehead atoms. The number of nitrogen functional groups attached to an aromatic ring is 1. The minimum Gasteiger partial charge on any atom is -0.475 e. The van der Waals surface area contributed by atoms with Gasteiger partial charge in [-0.15, -0.1) is 11.3 Å². The fourth-order valence-electron chi connectivity index (χ4n) is 2.68. The number of halogens is 3. The van der Waals surface area contributed by atoms with Gasteiger partial charge < -0.3 is 20.5 Å². The van der Waals surface area contributed by atoms with Crippen LogP contribution in [0.5, 0.6) is 0 Å². The molecule has 1 fully saturated rings. The van der Waals surface area contributed by atoms with Crippen molar-refractivity contribution in [1.82, 2.24) is 14.9 Å². The van der Waals surface area contributed by atoms with Crippen LogP contribution in [0.3, 0.4) is 0 Å². The second kappa shape index (κ2) is 11.2. The highest BCUT2D eigenvalue weighted by Crippen LogP contribution is 2.29. The lowest BCUT2D eigenvalue weighted by molar-refractivity contribution is -0.192. The van der Waals surface area contributed by atoms with Gasteiger partial charge in [0.25, 0.3) is 0 Å². The Morgan fingerprint density at radius 3 is 2.47 bits per heavy atom. The number of Topliss-reactive ketones (excluding diaryl/α,β-unsaturated/α-hetero) is 1. The zero-order valence-electron chi connectivity index (χ0n) is 17.6. The summed E-state index contributed by atoms with van der Waals surface area (Å²) in [5, 5.41) is 7.12. The van der Waals surface area contributed by atoms with Crippen molar-refractivity contribution in [2.75, 3.05) is 57.1 Å². The van der Waals surface area contributed by atoms with Gasteiger partial charge in [-0.05, 0) is 19.1 Å². The molecule has 9 nitrogen and oxygen atoms in total. The Labute approximate surface area is 186 Å². The van der Waals surface area contributed by atoms with Gasteiger partial charge in [-0.25, -0.2) is 14.8 Å². The third-order valence-corrected chi connectivity index (χ3v) is 5.65. The number of carbonyl (C=O) groups is 2. The zero-order valence-corrected chi connectivity index (χ0v) is 18.4. The molecule has 1 aliphatic rings. The SMILES string of the molecule is CC(=O)c1ccc(-c2cnc(N)c(N(C)CCN3CCOCC3)n2)s1.O=C(O)C(F)(F)F. The number of likely N-dealkylation sites (N-methyl/N-ethyl adjacent to an activating group) is 1. The predicted octanol–water partition coefficient (Wildman–Crippen LogP) is 2.39. The summed E-state index contributed by atoms with van der Waals surface area (Å²) in [6.07, 6.45) is -3.43. The topological polar surface area (TPSA) is 122 Å². The molecule has 1 aliphatic heterocycles. The van der Waals surface area contributed by atoms with Gasteiger partial charge in [0.15, 0.2) is 17.4 Å². The molecule has 3 heterocycles. The number of hydrogen-bond acceptors (Lipinski definition) is 9. The van der Waals surface area contributed by atoms with Crippen molar-refractivity contribution in [3.05, 3.63) is 23.2 Å². The van der Waals surface area contributed by atoms with Crippen LogP contribution in [0.4, 0.5) is 24.8 Å². The largest absolute Gasteiger partial charge is 0.490 e. The van der Waals surface area contributed by atoms with Crippen LogP contribution in [0.25, 0.3) is 10.6 Å². The first-order chi connectivity index (χ1) is 15.0. The summed E-state index contributed by atoms with van der Waals surface area (Å²) >= 11 is 1.42. The fraction of sp³-hybridized carbons (Fsp3) is 0.474.